The van der Waals surface area contributed by atoms with Crippen molar-refractivity contribution < 1.29 is 13.6 Å². The van der Waals surface area contributed by atoms with Gasteiger partial charge in [0.15, 0.2) is 0 Å². The average molecular weight is 296 g/mol. The molecule has 0 aliphatic rings. The van der Waals surface area contributed by atoms with Gasteiger partial charge in [0, 0.05) is 17.5 Å². The Morgan fingerprint density at radius 2 is 2.15 bits per heavy atom. The van der Waals surface area contributed by atoms with Crippen LogP contribution in [0.5, 0.6) is 0 Å². The van der Waals surface area contributed by atoms with Crippen LogP contribution in [0.2, 0.25) is 0 Å². The number of benzene rings is 1. The van der Waals surface area contributed by atoms with Crippen LogP contribution in [0, 0.1) is 11.6 Å². The number of amides is 1. The Morgan fingerprint density at radius 1 is 1.35 bits per heavy atom. The highest BCUT2D eigenvalue weighted by molar-refractivity contribution is 7.09. The van der Waals surface area contributed by atoms with E-state index in [0.717, 1.165) is 23.1 Å². The van der Waals surface area contributed by atoms with Gasteiger partial charge in [-0.2, -0.15) is 0 Å². The number of halogens is 2. The first-order valence-corrected chi connectivity index (χ1v) is 6.88. The Bertz CT molecular complexity index is 587. The van der Waals surface area contributed by atoms with E-state index in [2.05, 4.69) is 5.32 Å². The van der Waals surface area contributed by atoms with Crippen molar-refractivity contribution in [3.05, 3.63) is 52.2 Å². The molecule has 20 heavy (non-hydrogen) atoms. The van der Waals surface area contributed by atoms with Gasteiger partial charge in [-0.25, -0.2) is 8.78 Å². The third kappa shape index (κ3) is 4.11. The number of carbonyl (C=O) groups is 1. The smallest absolute Gasteiger partial charge is 0.238 e. The topological polar surface area (TPSA) is 32.3 Å². The number of thiophene rings is 1. The molecule has 3 nitrogen and oxygen atoms in total. The monoisotopic (exact) mass is 296 g/mol. The summed E-state index contributed by atoms with van der Waals surface area (Å²) in [5.41, 5.74) is -0.139. The third-order valence-electron chi connectivity index (χ3n) is 2.62. The maximum Gasteiger partial charge on any atom is 0.238 e. The summed E-state index contributed by atoms with van der Waals surface area (Å²) in [6, 6.07) is 6.88. The fourth-order valence-electron chi connectivity index (χ4n) is 1.75. The van der Waals surface area contributed by atoms with Crippen LogP contribution in [0.4, 0.5) is 14.5 Å². The second-order valence-electron chi connectivity index (χ2n) is 4.42. The van der Waals surface area contributed by atoms with E-state index >= 15 is 0 Å². The predicted octanol–water partition coefficient (Wildman–Crippen LogP) is 3.10. The zero-order valence-corrected chi connectivity index (χ0v) is 11.7. The molecule has 0 aliphatic heterocycles. The number of likely N-dealkylation sites (N-methyl/N-ethyl adjacent to an activating group) is 1. The van der Waals surface area contributed by atoms with Crippen molar-refractivity contribution in [2.24, 2.45) is 0 Å². The Labute approximate surface area is 119 Å². The molecule has 0 aliphatic carbocycles. The first-order valence-electron chi connectivity index (χ1n) is 6.00. The molecular weight excluding hydrogens is 282 g/mol. The van der Waals surface area contributed by atoms with Crippen LogP contribution in [-0.4, -0.2) is 24.4 Å². The van der Waals surface area contributed by atoms with E-state index in [1.54, 1.807) is 23.3 Å². The Kier molecular flexibility index (Phi) is 4.81. The van der Waals surface area contributed by atoms with Crippen LogP contribution >= 0.6 is 11.3 Å². The first-order chi connectivity index (χ1) is 9.54. The lowest BCUT2D eigenvalue weighted by Gasteiger charge is -2.15. The summed E-state index contributed by atoms with van der Waals surface area (Å²) in [7, 11) is 1.79. The third-order valence-corrected chi connectivity index (χ3v) is 3.48. The van der Waals surface area contributed by atoms with Gasteiger partial charge in [-0.3, -0.25) is 9.69 Å². The second kappa shape index (κ2) is 6.58. The van der Waals surface area contributed by atoms with Crippen molar-refractivity contribution in [2.45, 2.75) is 6.54 Å². The largest absolute Gasteiger partial charge is 0.322 e. The van der Waals surface area contributed by atoms with Crippen LogP contribution < -0.4 is 5.32 Å². The Balaban J connectivity index is 1.90. The molecule has 0 fully saturated rings. The molecule has 6 heteroatoms. The van der Waals surface area contributed by atoms with Gasteiger partial charge in [0.25, 0.3) is 0 Å². The fourth-order valence-corrected chi connectivity index (χ4v) is 2.54. The standard InChI is InChI=1S/C14H14F2N2OS/c1-18(8-11-3-2-6-20-11)9-14(19)17-13-7-10(15)4-5-12(13)16/h2-7H,8-9H2,1H3,(H,17,19). The average Bonchev–Trinajstić information content (AvgIpc) is 2.86. The number of nitrogens with zero attached hydrogens (tertiary/aromatic N) is 1. The van der Waals surface area contributed by atoms with Crippen LogP contribution in [0.25, 0.3) is 0 Å². The molecule has 1 amide bonds. The lowest BCUT2D eigenvalue weighted by atomic mass is 10.3. The minimum absolute atomic E-state index is 0.105. The van der Waals surface area contributed by atoms with E-state index in [1.807, 2.05) is 17.5 Å². The van der Waals surface area contributed by atoms with E-state index in [1.165, 1.54) is 0 Å². The number of rotatable bonds is 5. The van der Waals surface area contributed by atoms with Gasteiger partial charge in [0.2, 0.25) is 5.91 Å². The van der Waals surface area contributed by atoms with Gasteiger partial charge in [0.05, 0.1) is 12.2 Å². The molecule has 0 saturated heterocycles. The summed E-state index contributed by atoms with van der Waals surface area (Å²) in [5.74, 6) is -1.62. The van der Waals surface area contributed by atoms with Gasteiger partial charge in [-0.15, -0.1) is 11.3 Å². The maximum absolute atomic E-state index is 13.4. The molecule has 0 atom stereocenters. The van der Waals surface area contributed by atoms with Crippen molar-refractivity contribution in [1.82, 2.24) is 4.90 Å². The van der Waals surface area contributed by atoms with Crippen molar-refractivity contribution in [2.75, 3.05) is 18.9 Å². The molecule has 0 spiro atoms. The summed E-state index contributed by atoms with van der Waals surface area (Å²) in [6.07, 6.45) is 0. The fraction of sp³-hybridized carbons (Fsp3) is 0.214. The lowest BCUT2D eigenvalue weighted by molar-refractivity contribution is -0.117. The van der Waals surface area contributed by atoms with Gasteiger partial charge >= 0.3 is 0 Å². The number of hydrogen-bond acceptors (Lipinski definition) is 3. The maximum atomic E-state index is 13.4. The van der Waals surface area contributed by atoms with E-state index < -0.39 is 11.6 Å². The van der Waals surface area contributed by atoms with Gasteiger partial charge < -0.3 is 5.32 Å². The number of nitrogens with one attached hydrogen (secondary N) is 1. The van der Waals surface area contributed by atoms with Crippen molar-refractivity contribution in [1.29, 1.82) is 0 Å². The van der Waals surface area contributed by atoms with Crippen LogP contribution in [0.3, 0.4) is 0 Å². The molecule has 0 unspecified atom stereocenters. The Hall–Kier alpha value is -1.79. The van der Waals surface area contributed by atoms with Crippen LogP contribution in [0.15, 0.2) is 35.7 Å². The quantitative estimate of drug-likeness (QED) is 0.919. The molecule has 0 saturated carbocycles. The SMILES string of the molecule is CN(CC(=O)Nc1cc(F)ccc1F)Cc1cccs1. The van der Waals surface area contributed by atoms with Gasteiger partial charge in [-0.05, 0) is 30.6 Å². The van der Waals surface area contributed by atoms with Crippen LogP contribution in [0.1, 0.15) is 4.88 Å². The molecule has 0 bridgehead atoms. The van der Waals surface area contributed by atoms with Crippen molar-refractivity contribution in [3.63, 3.8) is 0 Å². The zero-order chi connectivity index (χ0) is 14.5. The lowest BCUT2D eigenvalue weighted by Crippen LogP contribution is -2.29. The Morgan fingerprint density at radius 3 is 2.85 bits per heavy atom. The predicted molar refractivity (Wildman–Crippen MR) is 75.6 cm³/mol. The van der Waals surface area contributed by atoms with E-state index in [-0.39, 0.29) is 18.1 Å². The molecule has 1 aromatic carbocycles. The van der Waals surface area contributed by atoms with Crippen LogP contribution in [-0.2, 0) is 11.3 Å². The second-order valence-corrected chi connectivity index (χ2v) is 5.46. The number of anilines is 1. The molecule has 106 valence electrons. The number of hydrogen-bond donors (Lipinski definition) is 1. The highest BCUT2D eigenvalue weighted by Crippen LogP contribution is 2.15. The number of carbonyl (C=O) groups excluding carboxylic acids is 1. The van der Waals surface area contributed by atoms with Crippen molar-refractivity contribution in [3.8, 4) is 0 Å². The molecular formula is C14H14F2N2OS. The summed E-state index contributed by atoms with van der Waals surface area (Å²) in [6.45, 7) is 0.741. The van der Waals surface area contributed by atoms with E-state index in [0.29, 0.717) is 6.54 Å². The zero-order valence-electron chi connectivity index (χ0n) is 10.9. The van der Waals surface area contributed by atoms with Gasteiger partial charge in [0.1, 0.15) is 11.6 Å². The normalized spacial score (nSPS) is 10.8. The summed E-state index contributed by atoms with van der Waals surface area (Å²) in [5, 5.41) is 4.33. The molecule has 1 aromatic heterocycles. The molecule has 1 N–H and O–H groups in total. The molecule has 1 heterocycles. The minimum atomic E-state index is -0.652. The summed E-state index contributed by atoms with van der Waals surface area (Å²) >= 11 is 1.60. The van der Waals surface area contributed by atoms with Gasteiger partial charge in [-0.1, -0.05) is 6.07 Å². The highest BCUT2D eigenvalue weighted by Gasteiger charge is 2.11. The molecule has 0 radical (unpaired) electrons. The van der Waals surface area contributed by atoms with E-state index in [9.17, 15) is 13.6 Å². The van der Waals surface area contributed by atoms with E-state index in [4.69, 9.17) is 0 Å². The van der Waals surface area contributed by atoms with Crippen molar-refractivity contribution >= 4 is 22.9 Å². The summed E-state index contributed by atoms with van der Waals surface area (Å²) in [4.78, 5) is 14.7. The molecule has 2 rings (SSSR count). The molecule has 2 aromatic rings. The minimum Gasteiger partial charge on any atom is -0.322 e. The summed E-state index contributed by atoms with van der Waals surface area (Å²) < 4.78 is 26.4. The first kappa shape index (κ1) is 14.6. The highest BCUT2D eigenvalue weighted by atomic mass is 32.1.